The number of amides is 1. The zero-order chi connectivity index (χ0) is 21.4. The summed E-state index contributed by atoms with van der Waals surface area (Å²) in [5.41, 5.74) is 1.25. The fourth-order valence-corrected chi connectivity index (χ4v) is 5.75. The predicted octanol–water partition coefficient (Wildman–Crippen LogP) is 5.47. The normalized spacial score (nSPS) is 22.0. The molecule has 1 saturated carbocycles. The van der Waals surface area contributed by atoms with Crippen LogP contribution >= 0.6 is 22.9 Å². The summed E-state index contributed by atoms with van der Waals surface area (Å²) in [7, 11) is 1.46. The number of thiophene rings is 1. The van der Waals surface area contributed by atoms with Crippen molar-refractivity contribution in [3.8, 4) is 5.75 Å². The maximum atomic E-state index is 13.2. The quantitative estimate of drug-likeness (QED) is 0.384. The van der Waals surface area contributed by atoms with Crippen LogP contribution in [0.15, 0.2) is 35.2 Å². The number of likely N-dealkylation sites (tertiary alicyclic amines) is 1. The fourth-order valence-electron chi connectivity index (χ4n) is 4.57. The Bertz CT molecular complexity index is 1010. The van der Waals surface area contributed by atoms with Crippen molar-refractivity contribution >= 4 is 40.4 Å². The van der Waals surface area contributed by atoms with Crippen molar-refractivity contribution in [3.05, 3.63) is 56.2 Å². The number of aliphatic hydroxyl groups excluding tert-OH is 1. The second-order valence-corrected chi connectivity index (χ2v) is 9.23. The van der Waals surface area contributed by atoms with E-state index in [0.717, 1.165) is 42.5 Å². The number of carbonyl (C=O) groups excluding carboxylic acids is 2. The van der Waals surface area contributed by atoms with E-state index in [1.165, 1.54) is 18.4 Å². The number of aliphatic hydroxyl groups is 1. The van der Waals surface area contributed by atoms with Gasteiger partial charge < -0.3 is 14.7 Å². The summed E-state index contributed by atoms with van der Waals surface area (Å²) in [6.45, 7) is 1.85. The number of ether oxygens (including phenoxy) is 1. The zero-order valence-electron chi connectivity index (χ0n) is 17.0. The van der Waals surface area contributed by atoms with Crippen LogP contribution in [-0.4, -0.2) is 34.8 Å². The maximum Gasteiger partial charge on any atom is 0.295 e. The number of carbonyl (C=O) groups is 2. The van der Waals surface area contributed by atoms with Crippen molar-refractivity contribution in [2.24, 2.45) is 0 Å². The van der Waals surface area contributed by atoms with Gasteiger partial charge in [0.1, 0.15) is 11.5 Å². The zero-order valence-corrected chi connectivity index (χ0v) is 18.6. The lowest BCUT2D eigenvalue weighted by Gasteiger charge is -2.34. The van der Waals surface area contributed by atoms with E-state index in [9.17, 15) is 14.7 Å². The van der Waals surface area contributed by atoms with E-state index in [-0.39, 0.29) is 23.1 Å². The minimum atomic E-state index is -0.656. The number of methoxy groups -OCH3 is 1. The van der Waals surface area contributed by atoms with Crippen LogP contribution in [-0.2, 0) is 9.59 Å². The average Bonchev–Trinajstić information content (AvgIpc) is 3.35. The monoisotopic (exact) mass is 445 g/mol. The first-order chi connectivity index (χ1) is 14.4. The second kappa shape index (κ2) is 8.44. The van der Waals surface area contributed by atoms with Crippen LogP contribution < -0.4 is 4.74 Å². The highest BCUT2D eigenvalue weighted by atomic mass is 35.5. The number of benzene rings is 1. The van der Waals surface area contributed by atoms with Gasteiger partial charge in [-0.05, 0) is 48.9 Å². The van der Waals surface area contributed by atoms with E-state index in [1.807, 2.05) is 24.4 Å². The first-order valence-corrected chi connectivity index (χ1v) is 11.4. The number of rotatable bonds is 4. The molecule has 0 spiro atoms. The first-order valence-electron chi connectivity index (χ1n) is 10.1. The lowest BCUT2D eigenvalue weighted by atomic mass is 9.92. The van der Waals surface area contributed by atoms with Gasteiger partial charge in [-0.3, -0.25) is 9.59 Å². The Morgan fingerprint density at radius 1 is 1.23 bits per heavy atom. The number of Topliss-reactive ketones (excluding diaryl/α,β-unsaturated/α-hetero) is 1. The third kappa shape index (κ3) is 3.52. The third-order valence-electron chi connectivity index (χ3n) is 5.91. The number of ketones is 1. The van der Waals surface area contributed by atoms with Gasteiger partial charge in [-0.25, -0.2) is 0 Å². The van der Waals surface area contributed by atoms with Crippen LogP contribution in [0, 0.1) is 6.92 Å². The van der Waals surface area contributed by atoms with Gasteiger partial charge in [0, 0.05) is 10.9 Å². The molecular formula is C23H24ClNO4S. The van der Waals surface area contributed by atoms with Crippen LogP contribution in [0.3, 0.4) is 0 Å². The van der Waals surface area contributed by atoms with Gasteiger partial charge in [-0.1, -0.05) is 36.9 Å². The summed E-state index contributed by atoms with van der Waals surface area (Å²) in [5, 5.41) is 13.6. The van der Waals surface area contributed by atoms with Gasteiger partial charge >= 0.3 is 0 Å². The van der Waals surface area contributed by atoms with Crippen LogP contribution in [0.5, 0.6) is 5.75 Å². The molecule has 1 aliphatic carbocycles. The fraction of sp³-hybridized carbons (Fsp3) is 0.391. The van der Waals surface area contributed by atoms with E-state index in [4.69, 9.17) is 16.3 Å². The van der Waals surface area contributed by atoms with Gasteiger partial charge in [0.25, 0.3) is 11.7 Å². The molecule has 158 valence electrons. The molecule has 5 nitrogen and oxygen atoms in total. The average molecular weight is 446 g/mol. The molecule has 2 fully saturated rings. The van der Waals surface area contributed by atoms with E-state index >= 15 is 0 Å². The van der Waals surface area contributed by atoms with Crippen molar-refractivity contribution in [1.82, 2.24) is 4.90 Å². The summed E-state index contributed by atoms with van der Waals surface area (Å²) in [6, 6.07) is 6.65. The number of hydrogen-bond donors (Lipinski definition) is 1. The molecule has 1 aromatic heterocycles. The number of aryl methyl sites for hydroxylation is 1. The van der Waals surface area contributed by atoms with Gasteiger partial charge in [-0.15, -0.1) is 11.3 Å². The molecule has 1 N–H and O–H groups in total. The van der Waals surface area contributed by atoms with E-state index in [2.05, 4.69) is 0 Å². The minimum absolute atomic E-state index is 0.00408. The minimum Gasteiger partial charge on any atom is -0.507 e. The molecule has 1 aromatic carbocycles. The molecule has 0 bridgehead atoms. The van der Waals surface area contributed by atoms with Crippen molar-refractivity contribution in [2.45, 2.75) is 51.1 Å². The SMILES string of the molecule is COc1c(Cl)cc(C)cc1/C(O)=C1/C(=O)C(=O)N(C2CCCCC2)C1c1cccs1. The molecule has 1 saturated heterocycles. The largest absolute Gasteiger partial charge is 0.507 e. The van der Waals surface area contributed by atoms with E-state index in [1.54, 1.807) is 17.0 Å². The Hall–Kier alpha value is -2.31. The Labute approximate surface area is 184 Å². The summed E-state index contributed by atoms with van der Waals surface area (Å²) >= 11 is 7.79. The van der Waals surface area contributed by atoms with Crippen LogP contribution in [0.2, 0.25) is 5.02 Å². The van der Waals surface area contributed by atoms with Gasteiger partial charge in [0.2, 0.25) is 0 Å². The van der Waals surface area contributed by atoms with Crippen molar-refractivity contribution in [3.63, 3.8) is 0 Å². The second-order valence-electron chi connectivity index (χ2n) is 7.84. The summed E-state index contributed by atoms with van der Waals surface area (Å²) < 4.78 is 5.41. The summed E-state index contributed by atoms with van der Waals surface area (Å²) in [6.07, 6.45) is 4.95. The van der Waals surface area contributed by atoms with Crippen LogP contribution in [0.4, 0.5) is 0 Å². The molecule has 1 atom stereocenters. The van der Waals surface area contributed by atoms with E-state index in [0.29, 0.717) is 10.6 Å². The highest BCUT2D eigenvalue weighted by molar-refractivity contribution is 7.10. The Kier molecular flexibility index (Phi) is 5.89. The number of halogens is 1. The smallest absolute Gasteiger partial charge is 0.295 e. The molecule has 7 heteroatoms. The first kappa shape index (κ1) is 20.9. The predicted molar refractivity (Wildman–Crippen MR) is 118 cm³/mol. The van der Waals surface area contributed by atoms with Crippen LogP contribution in [0.25, 0.3) is 5.76 Å². The molecule has 30 heavy (non-hydrogen) atoms. The standard InChI is InChI=1S/C23H24ClNO4S/c1-13-11-15(22(29-2)16(24)12-13)20(26)18-19(17-9-6-10-30-17)25(23(28)21(18)27)14-7-4-3-5-8-14/h6,9-12,14,19,26H,3-5,7-8H2,1-2H3/b20-18-. The maximum absolute atomic E-state index is 13.2. The Morgan fingerprint density at radius 3 is 2.60 bits per heavy atom. The highest BCUT2D eigenvalue weighted by Crippen LogP contribution is 2.46. The van der Waals surface area contributed by atoms with Gasteiger partial charge in [0.05, 0.1) is 29.3 Å². The molecule has 2 heterocycles. The Balaban J connectivity index is 1.91. The third-order valence-corrected chi connectivity index (χ3v) is 7.11. The molecule has 2 aromatic rings. The van der Waals surface area contributed by atoms with Crippen molar-refractivity contribution < 1.29 is 19.4 Å². The molecule has 0 radical (unpaired) electrons. The van der Waals surface area contributed by atoms with Gasteiger partial charge in [0.15, 0.2) is 0 Å². The number of nitrogens with zero attached hydrogens (tertiary/aromatic N) is 1. The highest BCUT2D eigenvalue weighted by Gasteiger charge is 2.49. The molecule has 1 amide bonds. The molecule has 4 rings (SSSR count). The van der Waals surface area contributed by atoms with Crippen molar-refractivity contribution in [1.29, 1.82) is 0 Å². The van der Waals surface area contributed by atoms with E-state index < -0.39 is 17.7 Å². The topological polar surface area (TPSA) is 66.8 Å². The number of hydrogen-bond acceptors (Lipinski definition) is 5. The van der Waals surface area contributed by atoms with Crippen LogP contribution in [0.1, 0.15) is 54.1 Å². The summed E-state index contributed by atoms with van der Waals surface area (Å²) in [4.78, 5) is 28.9. The molecular weight excluding hydrogens is 422 g/mol. The summed E-state index contributed by atoms with van der Waals surface area (Å²) in [5.74, 6) is -1.16. The Morgan fingerprint density at radius 2 is 1.97 bits per heavy atom. The molecule has 1 aliphatic heterocycles. The van der Waals surface area contributed by atoms with Gasteiger partial charge in [-0.2, -0.15) is 0 Å². The lowest BCUT2D eigenvalue weighted by Crippen LogP contribution is -2.40. The molecule has 1 unspecified atom stereocenters. The molecule has 2 aliphatic rings. The van der Waals surface area contributed by atoms with Crippen molar-refractivity contribution in [2.75, 3.05) is 7.11 Å². The lowest BCUT2D eigenvalue weighted by molar-refractivity contribution is -0.141.